The second kappa shape index (κ2) is 12.1. The number of carboxylic acid groups (broad SMARTS) is 1. The number of benzene rings is 1. The number of carbonyl (C=O) groups is 1. The molecular weight excluding hydrogens is 446 g/mol. The number of fused-ring (bicyclic) bond motifs is 1. The van der Waals surface area contributed by atoms with Crippen molar-refractivity contribution >= 4 is 40.2 Å². The summed E-state index contributed by atoms with van der Waals surface area (Å²) >= 11 is 8.44. The number of thioether (sulfide) groups is 1. The molecule has 3 N–H and O–H groups in total. The topological polar surface area (TPSA) is 88.7 Å². The van der Waals surface area contributed by atoms with Crippen LogP contribution in [-0.2, 0) is 4.79 Å². The van der Waals surface area contributed by atoms with E-state index in [1.54, 1.807) is 13.3 Å². The van der Waals surface area contributed by atoms with E-state index in [4.69, 9.17) is 22.1 Å². The van der Waals surface area contributed by atoms with Crippen LogP contribution in [0.1, 0.15) is 44.2 Å². The molecule has 0 aliphatic carbocycles. The Morgan fingerprint density at radius 3 is 2.97 bits per heavy atom. The molecule has 1 saturated heterocycles. The van der Waals surface area contributed by atoms with Crippen molar-refractivity contribution in [2.24, 2.45) is 17.6 Å². The van der Waals surface area contributed by atoms with Gasteiger partial charge in [-0.15, -0.1) is 0 Å². The number of halogens is 1. The Kier molecular flexibility index (Phi) is 9.46. The van der Waals surface area contributed by atoms with Crippen LogP contribution < -0.4 is 10.5 Å². The molecule has 32 heavy (non-hydrogen) atoms. The van der Waals surface area contributed by atoms with Gasteiger partial charge in [0, 0.05) is 36.5 Å². The Balaban J connectivity index is 1.66. The minimum absolute atomic E-state index is 0.125. The summed E-state index contributed by atoms with van der Waals surface area (Å²) < 4.78 is 5.36. The number of hydrogen-bond donors (Lipinski definition) is 2. The Morgan fingerprint density at radius 2 is 2.25 bits per heavy atom. The number of nitrogens with two attached hydrogens (primary N) is 1. The van der Waals surface area contributed by atoms with Gasteiger partial charge in [-0.3, -0.25) is 9.78 Å². The molecule has 6 nitrogen and oxygen atoms in total. The zero-order valence-corrected chi connectivity index (χ0v) is 20.5. The molecule has 2 heterocycles. The van der Waals surface area contributed by atoms with Crippen molar-refractivity contribution in [1.29, 1.82) is 0 Å². The van der Waals surface area contributed by atoms with Gasteiger partial charge in [-0.25, -0.2) is 0 Å². The Hall–Kier alpha value is -1.54. The summed E-state index contributed by atoms with van der Waals surface area (Å²) in [5, 5.41) is 11.3. The molecule has 3 rings (SSSR count). The van der Waals surface area contributed by atoms with Gasteiger partial charge in [0.15, 0.2) is 0 Å². The van der Waals surface area contributed by atoms with E-state index in [1.807, 2.05) is 30.0 Å². The molecule has 3 unspecified atom stereocenters. The van der Waals surface area contributed by atoms with Crippen LogP contribution in [0.4, 0.5) is 0 Å². The molecule has 0 bridgehead atoms. The molecule has 176 valence electrons. The van der Waals surface area contributed by atoms with Gasteiger partial charge >= 0.3 is 5.97 Å². The number of aliphatic carboxylic acids is 1. The van der Waals surface area contributed by atoms with Gasteiger partial charge in [0.2, 0.25) is 0 Å². The predicted octanol–water partition coefficient (Wildman–Crippen LogP) is 4.84. The minimum atomic E-state index is -0.702. The molecule has 2 aromatic rings. The van der Waals surface area contributed by atoms with E-state index in [0.717, 1.165) is 59.7 Å². The number of ether oxygens (including phenoxy) is 1. The third kappa shape index (κ3) is 6.28. The van der Waals surface area contributed by atoms with E-state index in [0.29, 0.717) is 18.0 Å². The van der Waals surface area contributed by atoms with Gasteiger partial charge in [0.05, 0.1) is 23.6 Å². The van der Waals surface area contributed by atoms with Crippen LogP contribution in [-0.4, -0.2) is 59.2 Å². The molecule has 1 aromatic heterocycles. The molecule has 8 heteroatoms. The zero-order valence-electron chi connectivity index (χ0n) is 18.9. The maximum absolute atomic E-state index is 12.0. The average molecular weight is 480 g/mol. The molecule has 0 saturated carbocycles. The Bertz CT molecular complexity index is 913. The summed E-state index contributed by atoms with van der Waals surface area (Å²) in [5.74, 6) is 2.02. The maximum atomic E-state index is 12.0. The van der Waals surface area contributed by atoms with Crippen LogP contribution in [0.2, 0.25) is 5.02 Å². The first kappa shape index (κ1) is 25.1. The van der Waals surface area contributed by atoms with Crippen molar-refractivity contribution in [3.05, 3.63) is 35.0 Å². The quantitative estimate of drug-likeness (QED) is 0.445. The summed E-state index contributed by atoms with van der Waals surface area (Å²) in [6.07, 6.45) is 5.15. The number of rotatable bonds is 11. The number of piperidine rings is 1. The summed E-state index contributed by atoms with van der Waals surface area (Å²) in [6.45, 7) is 4.72. The van der Waals surface area contributed by atoms with Gasteiger partial charge in [0.1, 0.15) is 5.75 Å². The number of methoxy groups -OCH3 is 1. The first-order valence-electron chi connectivity index (χ1n) is 11.3. The second-order valence-corrected chi connectivity index (χ2v) is 10.1. The average Bonchev–Trinajstić information content (AvgIpc) is 2.80. The fourth-order valence-corrected chi connectivity index (χ4v) is 5.72. The van der Waals surface area contributed by atoms with E-state index in [1.165, 1.54) is 6.42 Å². The number of likely N-dealkylation sites (tertiary alicyclic amines) is 1. The Labute approximate surface area is 199 Å². The third-order valence-corrected chi connectivity index (χ3v) is 7.81. The normalized spacial score (nSPS) is 20.4. The van der Waals surface area contributed by atoms with Crippen molar-refractivity contribution in [3.8, 4) is 5.75 Å². The van der Waals surface area contributed by atoms with Crippen molar-refractivity contribution in [2.75, 3.05) is 38.2 Å². The first-order valence-corrected chi connectivity index (χ1v) is 12.9. The van der Waals surface area contributed by atoms with Crippen molar-refractivity contribution < 1.29 is 14.6 Å². The molecule has 0 spiro atoms. The SMILES string of the molecule is CCCSCCN1CCC(CCC(N)c2c(Cl)cnc3ccc(OC)cc23)C(C(=O)O)C1. The highest BCUT2D eigenvalue weighted by molar-refractivity contribution is 7.99. The van der Waals surface area contributed by atoms with Crippen LogP contribution in [0.25, 0.3) is 10.9 Å². The Morgan fingerprint density at radius 1 is 1.44 bits per heavy atom. The lowest BCUT2D eigenvalue weighted by Gasteiger charge is -2.37. The summed E-state index contributed by atoms with van der Waals surface area (Å²) in [4.78, 5) is 18.7. The summed E-state index contributed by atoms with van der Waals surface area (Å²) in [7, 11) is 1.62. The molecule has 1 fully saturated rings. The van der Waals surface area contributed by atoms with E-state index in [9.17, 15) is 9.90 Å². The molecule has 1 aliphatic rings. The van der Waals surface area contributed by atoms with Crippen molar-refractivity contribution in [2.45, 2.75) is 38.6 Å². The lowest BCUT2D eigenvalue weighted by Crippen LogP contribution is -2.44. The lowest BCUT2D eigenvalue weighted by molar-refractivity contribution is -0.146. The molecular formula is C24H34ClN3O3S. The number of hydrogen-bond acceptors (Lipinski definition) is 6. The molecule has 1 aliphatic heterocycles. The van der Waals surface area contributed by atoms with Crippen LogP contribution in [0.3, 0.4) is 0 Å². The second-order valence-electron chi connectivity index (χ2n) is 8.49. The highest BCUT2D eigenvalue weighted by Gasteiger charge is 2.34. The molecule has 0 radical (unpaired) electrons. The zero-order chi connectivity index (χ0) is 23.1. The lowest BCUT2D eigenvalue weighted by atomic mass is 9.81. The highest BCUT2D eigenvalue weighted by atomic mass is 35.5. The van der Waals surface area contributed by atoms with Crippen LogP contribution in [0.5, 0.6) is 5.75 Å². The number of pyridine rings is 1. The van der Waals surface area contributed by atoms with Gasteiger partial charge in [-0.1, -0.05) is 18.5 Å². The van der Waals surface area contributed by atoms with E-state index >= 15 is 0 Å². The largest absolute Gasteiger partial charge is 0.497 e. The predicted molar refractivity (Wildman–Crippen MR) is 133 cm³/mol. The van der Waals surface area contributed by atoms with E-state index in [2.05, 4.69) is 16.8 Å². The highest BCUT2D eigenvalue weighted by Crippen LogP contribution is 2.36. The van der Waals surface area contributed by atoms with Gasteiger partial charge in [0.25, 0.3) is 0 Å². The minimum Gasteiger partial charge on any atom is -0.497 e. The smallest absolute Gasteiger partial charge is 0.308 e. The van der Waals surface area contributed by atoms with E-state index < -0.39 is 5.97 Å². The molecule has 1 aromatic carbocycles. The number of carboxylic acids is 1. The summed E-state index contributed by atoms with van der Waals surface area (Å²) in [5.41, 5.74) is 8.27. The third-order valence-electron chi connectivity index (χ3n) is 6.34. The standard InChI is InChI=1S/C24H34ClN3O3S/c1-3-11-32-12-10-28-9-8-16(19(15-28)24(29)30)4-6-21(26)23-18-13-17(31-2)5-7-22(18)27-14-20(23)25/h5,7,13-14,16,19,21H,3-4,6,8-12,15,26H2,1-2H3,(H,29,30). The van der Waals surface area contributed by atoms with Crippen molar-refractivity contribution in [1.82, 2.24) is 9.88 Å². The summed E-state index contributed by atoms with van der Waals surface area (Å²) in [6, 6.07) is 5.39. The fourth-order valence-electron chi connectivity index (χ4n) is 4.55. The van der Waals surface area contributed by atoms with Crippen LogP contribution in [0, 0.1) is 11.8 Å². The maximum Gasteiger partial charge on any atom is 0.308 e. The van der Waals surface area contributed by atoms with Gasteiger partial charge in [-0.2, -0.15) is 11.8 Å². The van der Waals surface area contributed by atoms with E-state index in [-0.39, 0.29) is 17.9 Å². The molecule has 3 atom stereocenters. The van der Waals surface area contributed by atoms with Crippen LogP contribution >= 0.6 is 23.4 Å². The van der Waals surface area contributed by atoms with Gasteiger partial charge in [-0.05, 0) is 67.7 Å². The monoisotopic (exact) mass is 479 g/mol. The van der Waals surface area contributed by atoms with Crippen molar-refractivity contribution in [3.63, 3.8) is 0 Å². The molecule has 0 amide bonds. The number of aromatic nitrogens is 1. The van der Waals surface area contributed by atoms with Crippen LogP contribution in [0.15, 0.2) is 24.4 Å². The number of nitrogens with zero attached hydrogens (tertiary/aromatic N) is 2. The fraction of sp³-hybridized carbons (Fsp3) is 0.583. The first-order chi connectivity index (χ1) is 15.4. The van der Waals surface area contributed by atoms with Gasteiger partial charge < -0.3 is 20.5 Å².